The maximum Gasteiger partial charge on any atom is 0.287 e. The number of hydrogen-bond acceptors (Lipinski definition) is 4. The lowest BCUT2D eigenvalue weighted by Gasteiger charge is -1.97. The summed E-state index contributed by atoms with van der Waals surface area (Å²) >= 11 is 1.45. The van der Waals surface area contributed by atoms with E-state index in [-0.39, 0.29) is 22.8 Å². The van der Waals surface area contributed by atoms with Gasteiger partial charge in [-0.3, -0.25) is 4.79 Å². The van der Waals surface area contributed by atoms with Gasteiger partial charge in [0.15, 0.2) is 12.3 Å². The molecule has 20 heavy (non-hydrogen) atoms. The van der Waals surface area contributed by atoms with Gasteiger partial charge >= 0.3 is 0 Å². The third kappa shape index (κ3) is 3.20. The van der Waals surface area contributed by atoms with Crippen molar-refractivity contribution in [2.24, 2.45) is 0 Å². The molecule has 0 aliphatic rings. The lowest BCUT2D eigenvalue weighted by molar-refractivity contribution is -0.686. The summed E-state index contributed by atoms with van der Waals surface area (Å²) in [6.45, 7) is 0.298. The molecular weight excluding hydrogens is 340 g/mol. The number of carbonyl (C=O) groups is 1. The average Bonchev–Trinajstić information content (AvgIpc) is 3.13. The van der Waals surface area contributed by atoms with Crippen LogP contribution in [0.1, 0.15) is 9.67 Å². The number of thiophene rings is 1. The number of halogens is 1. The van der Waals surface area contributed by atoms with Gasteiger partial charge in [0.05, 0.1) is 17.3 Å². The highest BCUT2D eigenvalue weighted by molar-refractivity contribution is 7.12. The van der Waals surface area contributed by atoms with E-state index in [0.29, 0.717) is 6.54 Å². The Labute approximate surface area is 130 Å². The van der Waals surface area contributed by atoms with E-state index in [1.807, 2.05) is 41.9 Å². The van der Waals surface area contributed by atoms with Crippen LogP contribution in [0.5, 0.6) is 0 Å². The number of rotatable bonds is 4. The first kappa shape index (κ1) is 14.6. The fourth-order valence-electron chi connectivity index (χ4n) is 1.73. The molecule has 0 amide bonds. The molecule has 0 aliphatic carbocycles. The summed E-state index contributed by atoms with van der Waals surface area (Å²) in [7, 11) is 0. The number of ketones is 1. The second kappa shape index (κ2) is 6.58. The molecule has 0 saturated carbocycles. The molecule has 0 atom stereocenters. The van der Waals surface area contributed by atoms with E-state index >= 15 is 0 Å². The van der Waals surface area contributed by atoms with Gasteiger partial charge in [-0.15, -0.1) is 11.3 Å². The summed E-state index contributed by atoms with van der Waals surface area (Å²) in [5.74, 6) is 0.810. The van der Waals surface area contributed by atoms with Gasteiger partial charge in [0.2, 0.25) is 11.5 Å². The first-order chi connectivity index (χ1) is 9.33. The van der Waals surface area contributed by atoms with Crippen molar-refractivity contribution in [2.75, 3.05) is 0 Å². The summed E-state index contributed by atoms with van der Waals surface area (Å²) < 4.78 is 7.02. The Morgan fingerprint density at radius 2 is 2.20 bits per heavy atom. The van der Waals surface area contributed by atoms with Gasteiger partial charge in [0.25, 0.3) is 6.33 Å². The number of aromatic nitrogens is 2. The standard InChI is InChI=1S/C14H11N2O2S.BrH/c17-12(14-4-2-8-19-14)9-16-6-5-11(15-10-16)13-3-1-7-18-13;/h1-8,10H,9H2;1H/q+1;/p-1. The van der Waals surface area contributed by atoms with E-state index in [1.54, 1.807) is 17.2 Å². The molecule has 0 N–H and O–H groups in total. The van der Waals surface area contributed by atoms with Crippen molar-refractivity contribution in [1.29, 1.82) is 0 Å². The van der Waals surface area contributed by atoms with Crippen molar-refractivity contribution in [2.45, 2.75) is 6.54 Å². The number of carbonyl (C=O) groups excluding carboxylic acids is 1. The maximum atomic E-state index is 11.9. The first-order valence-corrected chi connectivity index (χ1v) is 6.66. The quantitative estimate of drug-likeness (QED) is 0.474. The highest BCUT2D eigenvalue weighted by Gasteiger charge is 2.13. The van der Waals surface area contributed by atoms with Crippen LogP contribution in [0.25, 0.3) is 11.5 Å². The summed E-state index contributed by atoms with van der Waals surface area (Å²) in [5.41, 5.74) is 0.754. The fourth-order valence-corrected chi connectivity index (χ4v) is 2.39. The summed E-state index contributed by atoms with van der Waals surface area (Å²) in [5, 5.41) is 1.90. The van der Waals surface area contributed by atoms with Crippen molar-refractivity contribution in [1.82, 2.24) is 4.98 Å². The lowest BCUT2D eigenvalue weighted by atomic mass is 10.3. The molecule has 3 aromatic rings. The molecule has 6 heteroatoms. The second-order valence-corrected chi connectivity index (χ2v) is 4.94. The highest BCUT2D eigenvalue weighted by Crippen LogP contribution is 2.15. The zero-order chi connectivity index (χ0) is 13.1. The van der Waals surface area contributed by atoms with Gasteiger partial charge in [0.1, 0.15) is 0 Å². The average molecular weight is 351 g/mol. The third-order valence-electron chi connectivity index (χ3n) is 2.66. The fraction of sp³-hybridized carbons (Fsp3) is 0.0714. The monoisotopic (exact) mass is 350 g/mol. The molecule has 0 spiro atoms. The van der Waals surface area contributed by atoms with Crippen molar-refractivity contribution in [3.05, 3.63) is 59.4 Å². The van der Waals surface area contributed by atoms with Gasteiger partial charge in [-0.2, -0.15) is 0 Å². The summed E-state index contributed by atoms with van der Waals surface area (Å²) in [6.07, 6.45) is 5.08. The molecule has 0 bridgehead atoms. The van der Waals surface area contributed by atoms with E-state index in [9.17, 15) is 4.79 Å². The number of hydrogen-bond donors (Lipinski definition) is 0. The molecule has 3 aromatic heterocycles. The van der Waals surface area contributed by atoms with Crippen LogP contribution in [0.3, 0.4) is 0 Å². The third-order valence-corrected chi connectivity index (χ3v) is 3.58. The van der Waals surface area contributed by atoms with E-state index in [4.69, 9.17) is 4.42 Å². The number of nitrogens with zero attached hydrogens (tertiary/aromatic N) is 2. The van der Waals surface area contributed by atoms with Crippen molar-refractivity contribution < 1.29 is 30.8 Å². The normalized spacial score (nSPS) is 10.0. The molecule has 102 valence electrons. The summed E-state index contributed by atoms with van der Waals surface area (Å²) in [4.78, 5) is 17.0. The second-order valence-electron chi connectivity index (χ2n) is 4.00. The molecule has 0 aromatic carbocycles. The van der Waals surface area contributed by atoms with Crippen LogP contribution in [-0.2, 0) is 6.54 Å². The zero-order valence-corrected chi connectivity index (χ0v) is 12.8. The molecule has 4 nitrogen and oxygen atoms in total. The molecule has 0 aliphatic heterocycles. The van der Waals surface area contributed by atoms with Crippen molar-refractivity contribution in [3.8, 4) is 11.5 Å². The van der Waals surface area contributed by atoms with Crippen LogP contribution in [-0.4, -0.2) is 10.8 Å². The minimum atomic E-state index is 0. The SMILES string of the molecule is O=C(C[n+]1ccc(-c2ccco2)nc1)c1cccs1.[Br-]. The topological polar surface area (TPSA) is 47.0 Å². The minimum Gasteiger partial charge on any atom is -1.00 e. The number of Topliss-reactive ketones (excluding diaryl/α,β-unsaturated/α-hetero) is 1. The van der Waals surface area contributed by atoms with Crippen molar-refractivity contribution in [3.63, 3.8) is 0 Å². The Balaban J connectivity index is 0.00000147. The smallest absolute Gasteiger partial charge is 0.287 e. The zero-order valence-electron chi connectivity index (χ0n) is 10.4. The van der Waals surface area contributed by atoms with Crippen LogP contribution in [0.15, 0.2) is 58.9 Å². The van der Waals surface area contributed by atoms with E-state index in [0.717, 1.165) is 16.3 Å². The first-order valence-electron chi connectivity index (χ1n) is 5.78. The van der Waals surface area contributed by atoms with Gasteiger partial charge in [-0.05, 0) is 28.6 Å². The van der Waals surface area contributed by atoms with Crippen LogP contribution in [0, 0.1) is 0 Å². The van der Waals surface area contributed by atoms with Crippen molar-refractivity contribution >= 4 is 17.1 Å². The highest BCUT2D eigenvalue weighted by atomic mass is 79.9. The predicted octanol–water partition coefficient (Wildman–Crippen LogP) is -0.423. The Hall–Kier alpha value is -1.79. The van der Waals surface area contributed by atoms with Gasteiger partial charge in [0, 0.05) is 6.07 Å². The Morgan fingerprint density at radius 1 is 1.30 bits per heavy atom. The largest absolute Gasteiger partial charge is 1.00 e. The minimum absolute atomic E-state index is 0. The van der Waals surface area contributed by atoms with E-state index in [2.05, 4.69) is 4.98 Å². The van der Waals surface area contributed by atoms with Crippen LogP contribution >= 0.6 is 11.3 Å². The van der Waals surface area contributed by atoms with Crippen LogP contribution < -0.4 is 21.5 Å². The molecule has 0 radical (unpaired) electrons. The molecule has 3 rings (SSSR count). The molecular formula is C14H11BrN2O2S. The Bertz CT molecular complexity index is 664. The molecule has 0 unspecified atom stereocenters. The Morgan fingerprint density at radius 3 is 2.80 bits per heavy atom. The van der Waals surface area contributed by atoms with Gasteiger partial charge in [-0.1, -0.05) is 6.07 Å². The molecule has 0 fully saturated rings. The molecule has 0 saturated heterocycles. The summed E-state index contributed by atoms with van der Waals surface area (Å²) in [6, 6.07) is 9.21. The molecule has 3 heterocycles. The van der Waals surface area contributed by atoms with E-state index in [1.165, 1.54) is 11.3 Å². The maximum absolute atomic E-state index is 11.9. The number of furan rings is 1. The predicted molar refractivity (Wildman–Crippen MR) is 70.8 cm³/mol. The van der Waals surface area contributed by atoms with Crippen LogP contribution in [0.2, 0.25) is 0 Å². The van der Waals surface area contributed by atoms with Gasteiger partial charge < -0.3 is 21.4 Å². The Kier molecular flexibility index (Phi) is 4.81. The lowest BCUT2D eigenvalue weighted by Crippen LogP contribution is -3.00. The van der Waals surface area contributed by atoms with Gasteiger partial charge in [-0.25, -0.2) is 4.57 Å². The van der Waals surface area contributed by atoms with Crippen LogP contribution in [0.4, 0.5) is 0 Å². The van der Waals surface area contributed by atoms with E-state index < -0.39 is 0 Å².